The zero-order chi connectivity index (χ0) is 14.7. The number of halogens is 1. The molecule has 2 aromatic carbocycles. The number of nitrogen functional groups attached to an aromatic ring is 1. The second-order valence-corrected chi connectivity index (χ2v) is 4.37. The van der Waals surface area contributed by atoms with Gasteiger partial charge >= 0.3 is 0 Å². The summed E-state index contributed by atoms with van der Waals surface area (Å²) in [6.45, 7) is 0. The third-order valence-corrected chi connectivity index (χ3v) is 2.93. The lowest BCUT2D eigenvalue weighted by molar-refractivity contribution is -0.384. The van der Waals surface area contributed by atoms with Gasteiger partial charge < -0.3 is 11.1 Å². The van der Waals surface area contributed by atoms with E-state index in [4.69, 9.17) is 22.6 Å². The SMILES string of the molecule is N#Cc1ccc(Nc2ccc([N+](=O)[O-])cc2N)c(Cl)c1. The molecule has 0 aromatic heterocycles. The molecule has 0 bridgehead atoms. The lowest BCUT2D eigenvalue weighted by Crippen LogP contribution is -1.98. The average Bonchev–Trinajstić information content (AvgIpc) is 2.42. The van der Waals surface area contributed by atoms with Gasteiger partial charge in [0.15, 0.2) is 0 Å². The minimum atomic E-state index is -0.519. The van der Waals surface area contributed by atoms with Crippen LogP contribution in [0.1, 0.15) is 5.56 Å². The summed E-state index contributed by atoms with van der Waals surface area (Å²) in [4.78, 5) is 10.1. The summed E-state index contributed by atoms with van der Waals surface area (Å²) >= 11 is 6.03. The Morgan fingerprint density at radius 1 is 1.25 bits per heavy atom. The summed E-state index contributed by atoms with van der Waals surface area (Å²) in [5.74, 6) is 0. The van der Waals surface area contributed by atoms with E-state index in [1.807, 2.05) is 6.07 Å². The van der Waals surface area contributed by atoms with Crippen LogP contribution in [0.2, 0.25) is 5.02 Å². The molecule has 3 N–H and O–H groups in total. The molecule has 0 saturated carbocycles. The van der Waals surface area contributed by atoms with Crippen molar-refractivity contribution < 1.29 is 4.92 Å². The number of rotatable bonds is 3. The number of benzene rings is 2. The molecule has 20 heavy (non-hydrogen) atoms. The van der Waals surface area contributed by atoms with Gasteiger partial charge in [-0.15, -0.1) is 0 Å². The van der Waals surface area contributed by atoms with E-state index in [1.54, 1.807) is 12.1 Å². The van der Waals surface area contributed by atoms with E-state index in [1.165, 1.54) is 24.3 Å². The summed E-state index contributed by atoms with van der Waals surface area (Å²) in [5.41, 5.74) is 7.41. The minimum absolute atomic E-state index is 0.0843. The topological polar surface area (TPSA) is 105 Å². The van der Waals surface area contributed by atoms with E-state index in [0.717, 1.165) is 0 Å². The van der Waals surface area contributed by atoms with Gasteiger partial charge in [0.05, 0.1) is 38.6 Å². The van der Waals surface area contributed by atoms with Crippen molar-refractivity contribution in [3.05, 3.63) is 57.1 Å². The number of hydrogen-bond acceptors (Lipinski definition) is 5. The van der Waals surface area contributed by atoms with Gasteiger partial charge in [0.25, 0.3) is 5.69 Å². The van der Waals surface area contributed by atoms with Gasteiger partial charge in [-0.05, 0) is 24.3 Å². The van der Waals surface area contributed by atoms with Crippen LogP contribution in [0, 0.1) is 21.4 Å². The second-order valence-electron chi connectivity index (χ2n) is 3.96. The molecule has 2 rings (SSSR count). The summed E-state index contributed by atoms with van der Waals surface area (Å²) in [7, 11) is 0. The highest BCUT2D eigenvalue weighted by Crippen LogP contribution is 2.31. The Kier molecular flexibility index (Phi) is 3.73. The predicted molar refractivity (Wildman–Crippen MR) is 77.0 cm³/mol. The molecule has 0 unspecified atom stereocenters. The molecule has 100 valence electrons. The third-order valence-electron chi connectivity index (χ3n) is 2.61. The highest BCUT2D eigenvalue weighted by molar-refractivity contribution is 6.33. The van der Waals surface area contributed by atoms with Gasteiger partial charge in [-0.1, -0.05) is 11.6 Å². The van der Waals surface area contributed by atoms with Crippen molar-refractivity contribution in [2.75, 3.05) is 11.1 Å². The number of hydrogen-bond donors (Lipinski definition) is 2. The summed E-state index contributed by atoms with van der Waals surface area (Å²) in [6.07, 6.45) is 0. The van der Waals surface area contributed by atoms with Crippen molar-refractivity contribution >= 4 is 34.4 Å². The molecule has 7 heteroatoms. The molecule has 2 aromatic rings. The van der Waals surface area contributed by atoms with Crippen LogP contribution < -0.4 is 11.1 Å². The monoisotopic (exact) mass is 288 g/mol. The molecule has 0 radical (unpaired) electrons. The molecule has 0 aliphatic heterocycles. The number of anilines is 3. The molecule has 0 saturated heterocycles. The van der Waals surface area contributed by atoms with Crippen LogP contribution in [-0.2, 0) is 0 Å². The van der Waals surface area contributed by atoms with Crippen LogP contribution in [0.15, 0.2) is 36.4 Å². The van der Waals surface area contributed by atoms with Crippen molar-refractivity contribution in [2.45, 2.75) is 0 Å². The molecule has 0 spiro atoms. The van der Waals surface area contributed by atoms with E-state index in [2.05, 4.69) is 5.32 Å². The number of nitro groups is 1. The first-order valence-electron chi connectivity index (χ1n) is 5.52. The molecule has 6 nitrogen and oxygen atoms in total. The smallest absolute Gasteiger partial charge is 0.271 e. The molecule has 0 fully saturated rings. The highest BCUT2D eigenvalue weighted by Gasteiger charge is 2.10. The lowest BCUT2D eigenvalue weighted by Gasteiger charge is -2.10. The number of nitro benzene ring substituents is 1. The van der Waals surface area contributed by atoms with Crippen molar-refractivity contribution in [3.63, 3.8) is 0 Å². The first-order chi connectivity index (χ1) is 9.51. The van der Waals surface area contributed by atoms with Gasteiger partial charge in [0, 0.05) is 12.1 Å². The van der Waals surface area contributed by atoms with E-state index in [9.17, 15) is 10.1 Å². The van der Waals surface area contributed by atoms with Crippen LogP contribution in [0.5, 0.6) is 0 Å². The number of nitrogens with zero attached hydrogens (tertiary/aromatic N) is 2. The Labute approximate surface area is 119 Å². The largest absolute Gasteiger partial charge is 0.397 e. The molecule has 0 atom stereocenters. The fraction of sp³-hybridized carbons (Fsp3) is 0. The van der Waals surface area contributed by atoms with Crippen molar-refractivity contribution in [3.8, 4) is 6.07 Å². The standard InChI is InChI=1S/C13H9ClN4O2/c14-10-5-8(7-15)1-3-12(10)17-13-4-2-9(18(19)20)6-11(13)16/h1-6,17H,16H2. The maximum Gasteiger partial charge on any atom is 0.271 e. The summed E-state index contributed by atoms with van der Waals surface area (Å²) in [6, 6.07) is 10.9. The van der Waals surface area contributed by atoms with Crippen LogP contribution in [-0.4, -0.2) is 4.92 Å². The maximum absolute atomic E-state index is 10.6. The molecule has 0 aliphatic carbocycles. The van der Waals surface area contributed by atoms with Crippen molar-refractivity contribution in [1.29, 1.82) is 5.26 Å². The normalized spacial score (nSPS) is 9.80. The molecular formula is C13H9ClN4O2. The van der Waals surface area contributed by atoms with Crippen molar-refractivity contribution in [1.82, 2.24) is 0 Å². The van der Waals surface area contributed by atoms with Crippen LogP contribution in [0.25, 0.3) is 0 Å². The van der Waals surface area contributed by atoms with Gasteiger partial charge in [0.2, 0.25) is 0 Å². The van der Waals surface area contributed by atoms with E-state index < -0.39 is 4.92 Å². The third kappa shape index (κ3) is 2.79. The first kappa shape index (κ1) is 13.6. The summed E-state index contributed by atoms with van der Waals surface area (Å²) < 4.78 is 0. The van der Waals surface area contributed by atoms with Gasteiger partial charge in [-0.25, -0.2) is 0 Å². The first-order valence-corrected chi connectivity index (χ1v) is 5.89. The Balaban J connectivity index is 2.31. The van der Waals surface area contributed by atoms with Crippen LogP contribution in [0.4, 0.5) is 22.7 Å². The van der Waals surface area contributed by atoms with E-state index >= 15 is 0 Å². The fourth-order valence-electron chi connectivity index (χ4n) is 1.61. The Hall–Kier alpha value is -2.78. The van der Waals surface area contributed by atoms with Gasteiger partial charge in [0.1, 0.15) is 0 Å². The molecule has 0 heterocycles. The molecular weight excluding hydrogens is 280 g/mol. The number of non-ortho nitro benzene ring substituents is 1. The van der Waals surface area contributed by atoms with Crippen LogP contribution >= 0.6 is 11.6 Å². The zero-order valence-electron chi connectivity index (χ0n) is 10.1. The predicted octanol–water partition coefficient (Wildman–Crippen LogP) is 3.45. The second kappa shape index (κ2) is 5.47. The highest BCUT2D eigenvalue weighted by atomic mass is 35.5. The van der Waals surface area contributed by atoms with Crippen molar-refractivity contribution in [2.24, 2.45) is 0 Å². The lowest BCUT2D eigenvalue weighted by atomic mass is 10.2. The number of nitriles is 1. The Morgan fingerprint density at radius 3 is 2.50 bits per heavy atom. The molecule has 0 aliphatic rings. The average molecular weight is 289 g/mol. The van der Waals surface area contributed by atoms with E-state index in [0.29, 0.717) is 22.0 Å². The quantitative estimate of drug-likeness (QED) is 0.511. The Bertz CT molecular complexity index is 725. The Morgan fingerprint density at radius 2 is 1.95 bits per heavy atom. The van der Waals surface area contributed by atoms with E-state index in [-0.39, 0.29) is 11.4 Å². The minimum Gasteiger partial charge on any atom is -0.397 e. The number of nitrogens with two attached hydrogens (primary N) is 1. The number of nitrogens with one attached hydrogen (secondary N) is 1. The zero-order valence-corrected chi connectivity index (χ0v) is 10.9. The summed E-state index contributed by atoms with van der Waals surface area (Å²) in [5, 5.41) is 22.7. The van der Waals surface area contributed by atoms with Crippen LogP contribution in [0.3, 0.4) is 0 Å². The maximum atomic E-state index is 10.6. The van der Waals surface area contributed by atoms with Gasteiger partial charge in [-0.2, -0.15) is 5.26 Å². The molecule has 0 amide bonds. The van der Waals surface area contributed by atoms with Gasteiger partial charge in [-0.3, -0.25) is 10.1 Å². The fourth-order valence-corrected chi connectivity index (χ4v) is 1.84.